The minimum atomic E-state index is -0.301. The fourth-order valence-corrected chi connectivity index (χ4v) is 4.02. The first-order valence-corrected chi connectivity index (χ1v) is 9.81. The molecule has 2 aromatic carbocycles. The van der Waals surface area contributed by atoms with Crippen molar-refractivity contribution in [2.24, 2.45) is 0 Å². The number of fused-ring (bicyclic) bond motifs is 3. The second-order valence-electron chi connectivity index (χ2n) is 7.39. The maximum atomic E-state index is 9.95. The van der Waals surface area contributed by atoms with Crippen molar-refractivity contribution >= 4 is 27.6 Å². The molecule has 148 valence electrons. The summed E-state index contributed by atoms with van der Waals surface area (Å²) in [6.07, 6.45) is 2.27. The maximum absolute atomic E-state index is 9.95. The number of aliphatic hydroxyl groups excluding tert-OH is 1. The van der Waals surface area contributed by atoms with E-state index in [9.17, 15) is 5.11 Å². The molecule has 0 radical (unpaired) electrons. The number of anilines is 1. The zero-order valence-corrected chi connectivity index (χ0v) is 16.3. The first kappa shape index (κ1) is 17.8. The molecule has 0 spiro atoms. The van der Waals surface area contributed by atoms with Gasteiger partial charge in [0.15, 0.2) is 11.5 Å². The Hall–Kier alpha value is -3.25. The molecule has 1 aliphatic heterocycles. The molecular weight excluding hydrogens is 366 g/mol. The number of β-amino-alcohol motifs (C(OH)–C–C–N with tert-alkyl or cyclic N) is 1. The quantitative estimate of drug-likeness (QED) is 0.542. The van der Waals surface area contributed by atoms with Crippen LogP contribution in [0, 0.1) is 0 Å². The molecule has 2 aromatic heterocycles. The van der Waals surface area contributed by atoms with Crippen molar-refractivity contribution in [2.45, 2.75) is 19.1 Å². The topological polar surface area (TPSA) is 70.6 Å². The number of benzene rings is 2. The van der Waals surface area contributed by atoms with E-state index >= 15 is 0 Å². The number of rotatable bonds is 5. The average molecular weight is 389 g/mol. The van der Waals surface area contributed by atoms with Crippen molar-refractivity contribution in [3.8, 4) is 11.5 Å². The Morgan fingerprint density at radius 2 is 2.00 bits per heavy atom. The van der Waals surface area contributed by atoms with Crippen LogP contribution in [0.4, 0.5) is 5.82 Å². The van der Waals surface area contributed by atoms with E-state index in [0.717, 1.165) is 46.2 Å². The summed E-state index contributed by atoms with van der Waals surface area (Å²) < 4.78 is 11.7. The minimum absolute atomic E-state index is 0.301. The molecule has 29 heavy (non-hydrogen) atoms. The SMILES string of the molecule is COc1cc2c(cc1OCc1ccccc1)[nH]c1ccnc(N3CC[C@H](O)C3)c12. The smallest absolute Gasteiger partial charge is 0.163 e. The molecule has 1 atom stereocenters. The normalized spacial score (nSPS) is 16.6. The van der Waals surface area contributed by atoms with E-state index in [1.165, 1.54) is 0 Å². The molecule has 1 fully saturated rings. The Morgan fingerprint density at radius 3 is 2.76 bits per heavy atom. The zero-order valence-electron chi connectivity index (χ0n) is 16.3. The van der Waals surface area contributed by atoms with Gasteiger partial charge in [-0.15, -0.1) is 0 Å². The molecular formula is C23H23N3O3. The summed E-state index contributed by atoms with van der Waals surface area (Å²) in [5, 5.41) is 12.0. The molecule has 5 rings (SSSR count). The van der Waals surface area contributed by atoms with Crippen LogP contribution in [0.2, 0.25) is 0 Å². The molecule has 0 saturated carbocycles. The Bertz CT molecular complexity index is 1160. The van der Waals surface area contributed by atoms with Crippen LogP contribution in [0.15, 0.2) is 54.7 Å². The van der Waals surface area contributed by atoms with Gasteiger partial charge in [0.25, 0.3) is 0 Å². The van der Waals surface area contributed by atoms with Gasteiger partial charge >= 0.3 is 0 Å². The monoisotopic (exact) mass is 389 g/mol. The van der Waals surface area contributed by atoms with Crippen molar-refractivity contribution in [1.82, 2.24) is 9.97 Å². The lowest BCUT2D eigenvalue weighted by Gasteiger charge is -2.17. The van der Waals surface area contributed by atoms with Gasteiger partial charge in [0.05, 0.1) is 29.6 Å². The highest BCUT2D eigenvalue weighted by Crippen LogP contribution is 2.39. The molecule has 6 heteroatoms. The number of pyridine rings is 1. The summed E-state index contributed by atoms with van der Waals surface area (Å²) in [5.41, 5.74) is 3.08. The van der Waals surface area contributed by atoms with Gasteiger partial charge < -0.3 is 24.5 Å². The van der Waals surface area contributed by atoms with Gasteiger partial charge in [0.2, 0.25) is 0 Å². The maximum Gasteiger partial charge on any atom is 0.163 e. The van der Waals surface area contributed by atoms with Crippen molar-refractivity contribution in [3.05, 3.63) is 60.3 Å². The lowest BCUT2D eigenvalue weighted by atomic mass is 10.1. The Balaban J connectivity index is 1.57. The number of ether oxygens (including phenoxy) is 2. The van der Waals surface area contributed by atoms with Crippen LogP contribution in [-0.2, 0) is 6.61 Å². The Kier molecular flexibility index (Phi) is 4.48. The molecule has 0 unspecified atom stereocenters. The van der Waals surface area contributed by atoms with Crippen molar-refractivity contribution in [1.29, 1.82) is 0 Å². The molecule has 1 saturated heterocycles. The van der Waals surface area contributed by atoms with E-state index in [1.54, 1.807) is 7.11 Å². The van der Waals surface area contributed by atoms with Crippen molar-refractivity contribution < 1.29 is 14.6 Å². The molecule has 2 N–H and O–H groups in total. The lowest BCUT2D eigenvalue weighted by molar-refractivity contribution is 0.198. The molecule has 0 amide bonds. The first-order valence-electron chi connectivity index (χ1n) is 9.81. The van der Waals surface area contributed by atoms with E-state index in [4.69, 9.17) is 9.47 Å². The molecule has 3 heterocycles. The largest absolute Gasteiger partial charge is 0.493 e. The van der Waals surface area contributed by atoms with Gasteiger partial charge in [-0.2, -0.15) is 0 Å². The fourth-order valence-electron chi connectivity index (χ4n) is 4.02. The highest BCUT2D eigenvalue weighted by atomic mass is 16.5. The van der Waals surface area contributed by atoms with Crippen LogP contribution in [0.25, 0.3) is 21.8 Å². The van der Waals surface area contributed by atoms with Crippen molar-refractivity contribution in [2.75, 3.05) is 25.1 Å². The van der Waals surface area contributed by atoms with Crippen LogP contribution in [0.3, 0.4) is 0 Å². The summed E-state index contributed by atoms with van der Waals surface area (Å²) in [4.78, 5) is 10.2. The first-order chi connectivity index (χ1) is 14.2. The number of H-pyrrole nitrogens is 1. The van der Waals surface area contributed by atoms with Crippen LogP contribution < -0.4 is 14.4 Å². The highest BCUT2D eigenvalue weighted by molar-refractivity contribution is 6.13. The van der Waals surface area contributed by atoms with Crippen molar-refractivity contribution in [3.63, 3.8) is 0 Å². The number of aromatic amines is 1. The second kappa shape index (κ2) is 7.29. The number of hydrogen-bond acceptors (Lipinski definition) is 5. The van der Waals surface area contributed by atoms with Crippen LogP contribution in [-0.4, -0.2) is 41.4 Å². The number of nitrogens with one attached hydrogen (secondary N) is 1. The van der Waals surface area contributed by atoms with E-state index < -0.39 is 0 Å². The van der Waals surface area contributed by atoms with E-state index in [2.05, 4.69) is 14.9 Å². The standard InChI is InChI=1S/C23H23N3O3/c1-28-20-11-17-19(12-21(20)29-14-15-5-3-2-4-6-15)25-18-7-9-24-23(22(17)18)26-10-8-16(27)13-26/h2-7,9,11-12,16,25,27H,8,10,13-14H2,1H3/t16-/m0/s1. The average Bonchev–Trinajstić information content (AvgIpc) is 3.35. The predicted molar refractivity (Wildman–Crippen MR) is 114 cm³/mol. The third-order valence-electron chi connectivity index (χ3n) is 5.47. The molecule has 0 aliphatic carbocycles. The van der Waals surface area contributed by atoms with Crippen LogP contribution in [0.5, 0.6) is 11.5 Å². The van der Waals surface area contributed by atoms with Gasteiger partial charge in [-0.25, -0.2) is 4.98 Å². The zero-order chi connectivity index (χ0) is 19.8. The number of nitrogens with zero attached hydrogens (tertiary/aromatic N) is 2. The second-order valence-corrected chi connectivity index (χ2v) is 7.39. The van der Waals surface area contributed by atoms with Gasteiger partial charge in [-0.1, -0.05) is 30.3 Å². The highest BCUT2D eigenvalue weighted by Gasteiger charge is 2.24. The van der Waals surface area contributed by atoms with E-state index in [1.807, 2.05) is 54.7 Å². The third kappa shape index (κ3) is 3.25. The number of methoxy groups -OCH3 is 1. The van der Waals surface area contributed by atoms with Gasteiger partial charge in [0.1, 0.15) is 12.4 Å². The number of aromatic nitrogens is 2. The van der Waals surface area contributed by atoms with E-state index in [0.29, 0.717) is 24.7 Å². The molecule has 4 aromatic rings. The Labute approximate surface area is 168 Å². The number of hydrogen-bond donors (Lipinski definition) is 2. The predicted octanol–water partition coefficient (Wildman–Crippen LogP) is 3.87. The van der Waals surface area contributed by atoms with Crippen LogP contribution >= 0.6 is 0 Å². The molecule has 6 nitrogen and oxygen atoms in total. The van der Waals surface area contributed by atoms with E-state index in [-0.39, 0.29) is 6.10 Å². The Morgan fingerprint density at radius 1 is 1.14 bits per heavy atom. The minimum Gasteiger partial charge on any atom is -0.493 e. The van der Waals surface area contributed by atoms with Gasteiger partial charge in [-0.05, 0) is 24.1 Å². The third-order valence-corrected chi connectivity index (χ3v) is 5.47. The van der Waals surface area contributed by atoms with Gasteiger partial charge in [-0.3, -0.25) is 0 Å². The molecule has 0 bridgehead atoms. The fraction of sp³-hybridized carbons (Fsp3) is 0.261. The van der Waals surface area contributed by atoms with Crippen LogP contribution in [0.1, 0.15) is 12.0 Å². The lowest BCUT2D eigenvalue weighted by Crippen LogP contribution is -2.22. The molecule has 1 aliphatic rings. The van der Waals surface area contributed by atoms with Gasteiger partial charge in [0, 0.05) is 30.7 Å². The number of aliphatic hydroxyl groups is 1. The summed E-state index contributed by atoms with van der Waals surface area (Å²) in [6, 6.07) is 16.0. The summed E-state index contributed by atoms with van der Waals surface area (Å²) in [7, 11) is 1.65. The summed E-state index contributed by atoms with van der Waals surface area (Å²) in [6.45, 7) is 1.88. The summed E-state index contributed by atoms with van der Waals surface area (Å²) in [5.74, 6) is 2.28. The summed E-state index contributed by atoms with van der Waals surface area (Å²) >= 11 is 0.